The van der Waals surface area contributed by atoms with Gasteiger partial charge in [0.15, 0.2) is 5.65 Å². The Morgan fingerprint density at radius 3 is 2.66 bits per heavy atom. The minimum absolute atomic E-state index is 0.140. The molecule has 2 atom stereocenters. The summed E-state index contributed by atoms with van der Waals surface area (Å²) in [6.07, 6.45) is 6.47. The molecule has 0 radical (unpaired) electrons. The van der Waals surface area contributed by atoms with Gasteiger partial charge >= 0.3 is 0 Å². The van der Waals surface area contributed by atoms with Crippen molar-refractivity contribution in [1.82, 2.24) is 29.7 Å². The highest BCUT2D eigenvalue weighted by atomic mass is 19.1. The molecule has 2 aliphatic rings. The number of nitrogens with zero attached hydrogens (tertiary/aromatic N) is 6. The monoisotopic (exact) mass is 478 g/mol. The molecule has 3 aromatic heterocycles. The van der Waals surface area contributed by atoms with Gasteiger partial charge in [-0.15, -0.1) is 0 Å². The summed E-state index contributed by atoms with van der Waals surface area (Å²) in [6, 6.07) is 3.89. The molecule has 8 nitrogen and oxygen atoms in total. The zero-order chi connectivity index (χ0) is 24.1. The molecule has 2 fully saturated rings. The maximum atomic E-state index is 14.8. The van der Waals surface area contributed by atoms with Gasteiger partial charge in [0.2, 0.25) is 0 Å². The summed E-state index contributed by atoms with van der Waals surface area (Å²) < 4.78 is 42.1. The molecule has 0 spiro atoms. The highest BCUT2D eigenvalue weighted by Crippen LogP contribution is 2.38. The van der Waals surface area contributed by atoms with E-state index < -0.39 is 11.6 Å². The van der Waals surface area contributed by atoms with E-state index in [9.17, 15) is 8.78 Å². The summed E-state index contributed by atoms with van der Waals surface area (Å²) in [6.45, 7) is 4.14. The Morgan fingerprint density at radius 2 is 1.86 bits per heavy atom. The third kappa shape index (κ3) is 4.28. The predicted molar refractivity (Wildman–Crippen MR) is 122 cm³/mol. The van der Waals surface area contributed by atoms with Crippen molar-refractivity contribution in [3.63, 3.8) is 0 Å². The maximum Gasteiger partial charge on any atom is 0.182 e. The Bertz CT molecular complexity index is 1420. The molecule has 0 amide bonds. The number of fused-ring (bicyclic) bond motifs is 1. The van der Waals surface area contributed by atoms with Crippen molar-refractivity contribution in [2.24, 2.45) is 0 Å². The van der Waals surface area contributed by atoms with E-state index >= 15 is 0 Å². The average Bonchev–Trinajstić information content (AvgIpc) is 3.62. The Balaban J connectivity index is 1.43. The fourth-order valence-corrected chi connectivity index (χ4v) is 4.37. The summed E-state index contributed by atoms with van der Waals surface area (Å²) in [4.78, 5) is 18.6. The topological polar surface area (TPSA) is 87.8 Å². The van der Waals surface area contributed by atoms with Crippen LogP contribution in [0.3, 0.4) is 0 Å². The summed E-state index contributed by atoms with van der Waals surface area (Å²) >= 11 is 0. The van der Waals surface area contributed by atoms with Crippen molar-refractivity contribution in [2.45, 2.75) is 51.2 Å². The van der Waals surface area contributed by atoms with Gasteiger partial charge in [-0.3, -0.25) is 4.68 Å². The first-order chi connectivity index (χ1) is 17.0. The quantitative estimate of drug-likeness (QED) is 0.419. The number of rotatable bonds is 4. The average molecular weight is 479 g/mol. The molecule has 6 rings (SSSR count). The highest BCUT2D eigenvalue weighted by molar-refractivity contribution is 5.87. The van der Waals surface area contributed by atoms with E-state index in [1.807, 2.05) is 30.9 Å². The molecule has 180 valence electrons. The van der Waals surface area contributed by atoms with Crippen LogP contribution in [0, 0.1) is 25.5 Å². The van der Waals surface area contributed by atoms with Crippen LogP contribution >= 0.6 is 0 Å². The predicted octanol–water partition coefficient (Wildman–Crippen LogP) is 4.73. The molecule has 1 saturated carbocycles. The van der Waals surface area contributed by atoms with Crippen molar-refractivity contribution in [1.29, 1.82) is 0 Å². The van der Waals surface area contributed by atoms with Crippen molar-refractivity contribution in [2.75, 3.05) is 13.4 Å². The molecule has 1 aromatic carbocycles. The Kier molecular flexibility index (Phi) is 5.49. The molecule has 4 heterocycles. The molecular formula is C25H24F2N6O2. The largest absolute Gasteiger partial charge is 0.355 e. The third-order valence-electron chi connectivity index (χ3n) is 6.60. The van der Waals surface area contributed by atoms with Crippen LogP contribution < -0.4 is 0 Å². The summed E-state index contributed by atoms with van der Waals surface area (Å²) in [5.41, 5.74) is 3.54. The fourth-order valence-electron chi connectivity index (χ4n) is 4.37. The number of ether oxygens (including phenoxy) is 2. The number of halogens is 2. The summed E-state index contributed by atoms with van der Waals surface area (Å²) in [5.74, 6) is -1.16. The molecular weight excluding hydrogens is 454 g/mol. The normalized spacial score (nSPS) is 20.8. The second-order valence-corrected chi connectivity index (χ2v) is 9.18. The molecule has 4 aromatic rings. The van der Waals surface area contributed by atoms with Gasteiger partial charge in [-0.1, -0.05) is 0 Å². The smallest absolute Gasteiger partial charge is 0.182 e. The zero-order valence-electron chi connectivity index (χ0n) is 19.4. The number of aryl methyl sites for hydroxylation is 2. The van der Waals surface area contributed by atoms with Crippen LogP contribution in [0.5, 0.6) is 0 Å². The lowest BCUT2D eigenvalue weighted by Crippen LogP contribution is -2.14. The lowest BCUT2D eigenvalue weighted by molar-refractivity contribution is -0.0689. The van der Waals surface area contributed by atoms with E-state index in [-0.39, 0.29) is 30.1 Å². The second kappa shape index (κ2) is 8.69. The number of benzene rings is 1. The number of hydrogen-bond donors (Lipinski definition) is 0. The van der Waals surface area contributed by atoms with Gasteiger partial charge in [0, 0.05) is 29.3 Å². The van der Waals surface area contributed by atoms with E-state index in [1.165, 1.54) is 12.1 Å². The minimum Gasteiger partial charge on any atom is -0.355 e. The van der Waals surface area contributed by atoms with Crippen LogP contribution in [-0.4, -0.2) is 43.1 Å². The summed E-state index contributed by atoms with van der Waals surface area (Å²) in [5, 5.41) is 4.49. The van der Waals surface area contributed by atoms with Crippen LogP contribution in [-0.2, 0) is 9.47 Å². The molecule has 1 saturated heterocycles. The van der Waals surface area contributed by atoms with E-state index in [0.717, 1.165) is 30.2 Å². The van der Waals surface area contributed by atoms with E-state index in [1.54, 1.807) is 0 Å². The maximum absolute atomic E-state index is 14.8. The number of hydrogen-bond acceptors (Lipinski definition) is 7. The van der Waals surface area contributed by atoms with Gasteiger partial charge in [0.05, 0.1) is 36.3 Å². The Labute approximate surface area is 200 Å². The van der Waals surface area contributed by atoms with Crippen LogP contribution in [0.4, 0.5) is 8.78 Å². The van der Waals surface area contributed by atoms with Crippen LogP contribution in [0.25, 0.3) is 22.4 Å². The van der Waals surface area contributed by atoms with Gasteiger partial charge in [0.1, 0.15) is 35.5 Å². The molecule has 10 heteroatoms. The minimum atomic E-state index is -0.721. The second-order valence-electron chi connectivity index (χ2n) is 9.18. The standard InChI is InChI=1S/C25H24F2N6O2/c1-13-14(2)30-25-23(29-13)22(19-6-3-17(26)8-20(19)27)31-24(32-25)15-7-21(35-12-34-11-15)16-9-28-33(10-16)18-4-5-18/h3,6,8-10,15,18,21H,4-5,7,11-12H2,1-2H3/t15-,21?/m1/s1. The SMILES string of the molecule is Cc1nc2nc([C@H]3COCOC(c4cnn(C5CC5)c4)C3)nc(-c3ccc(F)cc3F)c2nc1C. The van der Waals surface area contributed by atoms with Crippen molar-refractivity contribution in [3.8, 4) is 11.3 Å². The van der Waals surface area contributed by atoms with Gasteiger partial charge in [-0.25, -0.2) is 28.7 Å². The van der Waals surface area contributed by atoms with Crippen molar-refractivity contribution >= 4 is 11.2 Å². The van der Waals surface area contributed by atoms with Crippen LogP contribution in [0.2, 0.25) is 0 Å². The molecule has 1 aliphatic carbocycles. The lowest BCUT2D eigenvalue weighted by Gasteiger charge is -2.18. The lowest BCUT2D eigenvalue weighted by atomic mass is 9.98. The summed E-state index contributed by atoms with van der Waals surface area (Å²) in [7, 11) is 0. The first-order valence-corrected chi connectivity index (χ1v) is 11.7. The highest BCUT2D eigenvalue weighted by Gasteiger charge is 2.30. The fraction of sp³-hybridized carbons (Fsp3) is 0.400. The molecule has 1 aliphatic heterocycles. The molecule has 1 unspecified atom stereocenters. The van der Waals surface area contributed by atoms with Crippen LogP contribution in [0.1, 0.15) is 60.1 Å². The molecule has 0 bridgehead atoms. The van der Waals surface area contributed by atoms with Gasteiger partial charge < -0.3 is 9.47 Å². The van der Waals surface area contributed by atoms with Crippen LogP contribution in [0.15, 0.2) is 30.6 Å². The Morgan fingerprint density at radius 1 is 1.03 bits per heavy atom. The molecule has 0 N–H and O–H groups in total. The van der Waals surface area contributed by atoms with Gasteiger partial charge in [0.25, 0.3) is 0 Å². The van der Waals surface area contributed by atoms with Gasteiger partial charge in [-0.05, 0) is 45.2 Å². The first-order valence-electron chi connectivity index (χ1n) is 11.7. The first kappa shape index (κ1) is 22.1. The van der Waals surface area contributed by atoms with E-state index in [0.29, 0.717) is 41.8 Å². The van der Waals surface area contributed by atoms with Crippen molar-refractivity contribution < 1.29 is 18.3 Å². The van der Waals surface area contributed by atoms with E-state index in [2.05, 4.69) is 15.1 Å². The number of aromatic nitrogens is 6. The van der Waals surface area contributed by atoms with Crippen molar-refractivity contribution in [3.05, 3.63) is 65.0 Å². The molecule has 35 heavy (non-hydrogen) atoms. The Hall–Kier alpha value is -3.37. The third-order valence-corrected chi connectivity index (χ3v) is 6.60. The zero-order valence-corrected chi connectivity index (χ0v) is 19.4. The van der Waals surface area contributed by atoms with Gasteiger partial charge in [-0.2, -0.15) is 5.10 Å². The van der Waals surface area contributed by atoms with E-state index in [4.69, 9.17) is 19.4 Å².